The summed E-state index contributed by atoms with van der Waals surface area (Å²) < 4.78 is 10.8. The van der Waals surface area contributed by atoms with E-state index in [0.29, 0.717) is 59.2 Å². The molecule has 7 N–H and O–H groups in total. The highest BCUT2D eigenvalue weighted by atomic mass is 16.5. The van der Waals surface area contributed by atoms with Crippen molar-refractivity contribution in [2.75, 3.05) is 61.7 Å². The number of aryl methyl sites for hydroxylation is 2. The van der Waals surface area contributed by atoms with E-state index in [4.69, 9.17) is 14.6 Å². The second-order valence-electron chi connectivity index (χ2n) is 13.5. The number of anilines is 4. The van der Waals surface area contributed by atoms with Gasteiger partial charge in [0, 0.05) is 85.0 Å². The first-order chi connectivity index (χ1) is 28.1. The van der Waals surface area contributed by atoms with E-state index in [1.165, 1.54) is 7.11 Å². The van der Waals surface area contributed by atoms with E-state index >= 15 is 0 Å². The number of aliphatic imine (C=N–C) groups is 2. The maximum Gasteiger partial charge on any atom is 0.303 e. The Kier molecular flexibility index (Phi) is 15.6. The molecule has 0 saturated heterocycles. The zero-order valence-electron chi connectivity index (χ0n) is 32.9. The summed E-state index contributed by atoms with van der Waals surface area (Å²) in [6, 6.07) is 25.1. The van der Waals surface area contributed by atoms with E-state index in [-0.39, 0.29) is 24.0 Å². The SMILES string of the molecule is COc1cc(NC(=O)c2cccc(NC3=NCCCN3)c2)ccc1CCC(=O)O.COc1cc(NC(=O)c2cccc(NC3=NCCCN3)c2)ccc1CCC(C)=O. The van der Waals surface area contributed by atoms with Gasteiger partial charge < -0.3 is 51.3 Å². The molecule has 0 unspecified atom stereocenters. The lowest BCUT2D eigenvalue weighted by molar-refractivity contribution is -0.137. The van der Waals surface area contributed by atoms with Gasteiger partial charge in [-0.15, -0.1) is 0 Å². The first-order valence-corrected chi connectivity index (χ1v) is 19.1. The van der Waals surface area contributed by atoms with E-state index in [2.05, 4.69) is 41.9 Å². The quantitative estimate of drug-likeness (QED) is 0.0795. The molecule has 2 aliphatic heterocycles. The number of nitrogens with zero attached hydrogens (tertiary/aromatic N) is 2. The third-order valence-corrected chi connectivity index (χ3v) is 9.01. The number of methoxy groups -OCH3 is 2. The summed E-state index contributed by atoms with van der Waals surface area (Å²) in [5.41, 5.74) is 5.52. The van der Waals surface area contributed by atoms with Gasteiger partial charge in [-0.05, 0) is 92.3 Å². The number of benzene rings is 4. The first kappa shape index (κ1) is 42.2. The molecule has 2 amide bonds. The van der Waals surface area contributed by atoms with Crippen LogP contribution in [0.5, 0.6) is 11.5 Å². The molecule has 15 heteroatoms. The number of hydrogen-bond acceptors (Lipinski definition) is 12. The molecule has 0 saturated carbocycles. The number of carbonyl (C=O) groups is 4. The number of rotatable bonds is 14. The number of ether oxygens (including phenoxy) is 2. The van der Waals surface area contributed by atoms with E-state index in [0.717, 1.165) is 67.5 Å². The summed E-state index contributed by atoms with van der Waals surface area (Å²) in [4.78, 5) is 56.1. The minimum absolute atomic E-state index is 0.0159. The number of hydrogen-bond donors (Lipinski definition) is 7. The Balaban J connectivity index is 0.000000221. The molecule has 2 aliphatic rings. The van der Waals surface area contributed by atoms with Crippen molar-refractivity contribution in [1.82, 2.24) is 10.6 Å². The Morgan fingerprint density at radius 2 is 1.10 bits per heavy atom. The molecule has 0 radical (unpaired) electrons. The van der Waals surface area contributed by atoms with Crippen LogP contribution in [-0.4, -0.2) is 81.0 Å². The smallest absolute Gasteiger partial charge is 0.303 e. The fraction of sp³-hybridized carbons (Fsp3) is 0.302. The lowest BCUT2D eigenvalue weighted by Crippen LogP contribution is -2.35. The maximum absolute atomic E-state index is 12.7. The van der Waals surface area contributed by atoms with Gasteiger partial charge in [0.25, 0.3) is 11.8 Å². The van der Waals surface area contributed by atoms with Gasteiger partial charge in [-0.1, -0.05) is 24.3 Å². The molecule has 0 spiro atoms. The van der Waals surface area contributed by atoms with Gasteiger partial charge in [-0.25, -0.2) is 0 Å². The maximum atomic E-state index is 12.7. The molecular weight excluding hydrogens is 741 g/mol. The molecule has 4 aromatic carbocycles. The van der Waals surface area contributed by atoms with Gasteiger partial charge in [-0.2, -0.15) is 0 Å². The lowest BCUT2D eigenvalue weighted by atomic mass is 10.1. The van der Waals surface area contributed by atoms with Crippen LogP contribution in [0.4, 0.5) is 22.7 Å². The number of nitrogens with one attached hydrogen (secondary N) is 6. The number of ketones is 1. The summed E-state index contributed by atoms with van der Waals surface area (Å²) in [6.07, 6.45) is 3.47. The molecule has 15 nitrogen and oxygen atoms in total. The Hall–Kier alpha value is -6.90. The van der Waals surface area contributed by atoms with Crippen molar-refractivity contribution in [2.45, 2.75) is 45.4 Å². The van der Waals surface area contributed by atoms with Gasteiger partial charge in [0.2, 0.25) is 0 Å². The summed E-state index contributed by atoms with van der Waals surface area (Å²) >= 11 is 0. The van der Waals surface area contributed by atoms with Gasteiger partial charge >= 0.3 is 5.97 Å². The van der Waals surface area contributed by atoms with E-state index < -0.39 is 5.97 Å². The second kappa shape index (κ2) is 21.4. The standard InChI is InChI=1S/C22H26N4O3.C21H24N4O4/c1-15(27)7-8-16-9-10-19(14-20(16)29-2)25-21(28)17-5-3-6-18(13-17)26-22-23-11-4-12-24-22;1-29-18-13-17(8-6-14(18)7-9-19(26)27)24-20(28)15-4-2-5-16(12-15)25-21-22-10-3-11-23-21/h3,5-6,9-10,13-14H,4,7-8,11-12H2,1-2H3,(H,25,28)(H2,23,24,26);2,4-6,8,12-13H,3,7,9-11H2,1H3,(H,24,28)(H,26,27)(H2,22,23,25). The highest BCUT2D eigenvalue weighted by molar-refractivity contribution is 6.06. The highest BCUT2D eigenvalue weighted by Gasteiger charge is 2.14. The number of amides is 2. The Morgan fingerprint density at radius 3 is 1.50 bits per heavy atom. The number of aliphatic carboxylic acids is 1. The van der Waals surface area contributed by atoms with Crippen LogP contribution >= 0.6 is 0 Å². The van der Waals surface area contributed by atoms with Crippen LogP contribution in [0.25, 0.3) is 0 Å². The minimum Gasteiger partial charge on any atom is -0.496 e. The normalized spacial score (nSPS) is 13.1. The zero-order valence-corrected chi connectivity index (χ0v) is 32.9. The zero-order chi connectivity index (χ0) is 41.3. The van der Waals surface area contributed by atoms with Gasteiger partial charge in [0.1, 0.15) is 17.3 Å². The largest absolute Gasteiger partial charge is 0.496 e. The van der Waals surface area contributed by atoms with Crippen molar-refractivity contribution >= 4 is 58.2 Å². The number of carbonyl (C=O) groups excluding carboxylic acids is 3. The van der Waals surface area contributed by atoms with Gasteiger partial charge in [-0.3, -0.25) is 24.4 Å². The monoisotopic (exact) mass is 790 g/mol. The number of guanidine groups is 2. The van der Waals surface area contributed by atoms with Crippen LogP contribution in [0, 0.1) is 0 Å². The number of carboxylic acids is 1. The van der Waals surface area contributed by atoms with Crippen LogP contribution in [0.15, 0.2) is 94.9 Å². The van der Waals surface area contributed by atoms with E-state index in [1.54, 1.807) is 68.6 Å². The van der Waals surface area contributed by atoms with Crippen LogP contribution in [-0.2, 0) is 22.4 Å². The molecule has 0 bridgehead atoms. The molecule has 58 heavy (non-hydrogen) atoms. The van der Waals surface area contributed by atoms with Crippen molar-refractivity contribution < 1.29 is 33.8 Å². The topological polar surface area (TPSA) is 204 Å². The minimum atomic E-state index is -0.868. The van der Waals surface area contributed by atoms with Crippen molar-refractivity contribution in [3.8, 4) is 11.5 Å². The highest BCUT2D eigenvalue weighted by Crippen LogP contribution is 2.27. The molecular formula is C43H50N8O7. The molecule has 2 heterocycles. The van der Waals surface area contributed by atoms with Gasteiger partial charge in [0.15, 0.2) is 11.9 Å². The average Bonchev–Trinajstić information content (AvgIpc) is 3.23. The summed E-state index contributed by atoms with van der Waals surface area (Å²) in [5.74, 6) is 1.41. The van der Waals surface area contributed by atoms with Gasteiger partial charge in [0.05, 0.1) is 14.2 Å². The van der Waals surface area contributed by atoms with E-state index in [9.17, 15) is 19.2 Å². The molecule has 4 aromatic rings. The Bertz CT molecular complexity index is 2000. The molecule has 304 valence electrons. The third kappa shape index (κ3) is 13.1. The van der Waals surface area contributed by atoms with Crippen LogP contribution < -0.4 is 41.4 Å². The lowest BCUT2D eigenvalue weighted by Gasteiger charge is -2.16. The molecule has 0 aliphatic carbocycles. The fourth-order valence-electron chi connectivity index (χ4n) is 6.00. The second-order valence-corrected chi connectivity index (χ2v) is 13.5. The molecule has 0 atom stereocenters. The predicted molar refractivity (Wildman–Crippen MR) is 227 cm³/mol. The van der Waals surface area contributed by atoms with Crippen molar-refractivity contribution in [1.29, 1.82) is 0 Å². The number of carboxylic acid groups (broad SMARTS) is 1. The number of Topliss-reactive ketones (excluding diaryl/α,β-unsaturated/α-hetero) is 1. The summed E-state index contributed by atoms with van der Waals surface area (Å²) in [6.45, 7) is 4.90. The molecule has 6 rings (SSSR count). The summed E-state index contributed by atoms with van der Waals surface area (Å²) in [5, 5.41) is 27.3. The molecule has 0 aromatic heterocycles. The van der Waals surface area contributed by atoms with Crippen LogP contribution in [0.3, 0.4) is 0 Å². The predicted octanol–water partition coefficient (Wildman–Crippen LogP) is 5.96. The average molecular weight is 791 g/mol. The van der Waals surface area contributed by atoms with Crippen molar-refractivity contribution in [3.63, 3.8) is 0 Å². The molecule has 0 fully saturated rings. The summed E-state index contributed by atoms with van der Waals surface area (Å²) in [7, 11) is 3.09. The Morgan fingerprint density at radius 1 is 0.638 bits per heavy atom. The fourth-order valence-corrected chi connectivity index (χ4v) is 6.00. The van der Waals surface area contributed by atoms with Crippen molar-refractivity contribution in [3.05, 3.63) is 107 Å². The third-order valence-electron chi connectivity index (χ3n) is 9.01. The van der Waals surface area contributed by atoms with E-state index in [1.807, 2.05) is 30.3 Å². The van der Waals surface area contributed by atoms with Crippen LogP contribution in [0.1, 0.15) is 64.4 Å². The van der Waals surface area contributed by atoms with Crippen molar-refractivity contribution in [2.24, 2.45) is 9.98 Å². The Labute approximate surface area is 337 Å². The first-order valence-electron chi connectivity index (χ1n) is 19.1. The van der Waals surface area contributed by atoms with Crippen LogP contribution in [0.2, 0.25) is 0 Å².